The van der Waals surface area contributed by atoms with Gasteiger partial charge >= 0.3 is 0 Å². The summed E-state index contributed by atoms with van der Waals surface area (Å²) in [5, 5.41) is 19.8. The fraction of sp³-hybridized carbons (Fsp3) is 0.200. The highest BCUT2D eigenvalue weighted by Gasteiger charge is 2.12. The Kier molecular flexibility index (Phi) is 2.67. The Morgan fingerprint density at radius 2 is 2.21 bits per heavy atom. The zero-order valence-electron chi connectivity index (χ0n) is 7.65. The average Bonchev–Trinajstić information content (AvgIpc) is 2.57. The zero-order chi connectivity index (χ0) is 10.1. The van der Waals surface area contributed by atoms with Crippen molar-refractivity contribution < 1.29 is 10.2 Å². The minimum absolute atomic E-state index is 0.0274. The molecule has 2 nitrogen and oxygen atoms in total. The second kappa shape index (κ2) is 3.81. The first-order valence-electron chi connectivity index (χ1n) is 4.16. The molecule has 1 aromatic heterocycles. The van der Waals surface area contributed by atoms with E-state index >= 15 is 0 Å². The first-order chi connectivity index (χ1) is 6.77. The molecule has 0 atom stereocenters. The lowest BCUT2D eigenvalue weighted by atomic mass is 10.2. The van der Waals surface area contributed by atoms with Crippen molar-refractivity contribution in [3.63, 3.8) is 0 Å². The molecule has 0 bridgehead atoms. The fourth-order valence-corrected chi connectivity index (χ4v) is 3.41. The number of rotatable bonds is 2. The molecule has 4 heteroatoms. The molecular formula is C10H10O2S2. The van der Waals surface area contributed by atoms with Gasteiger partial charge in [-0.15, -0.1) is 23.1 Å². The van der Waals surface area contributed by atoms with E-state index in [1.807, 2.05) is 12.3 Å². The number of fused-ring (bicyclic) bond motifs is 1. The lowest BCUT2D eigenvalue weighted by Crippen LogP contribution is -1.81. The molecule has 0 saturated carbocycles. The number of aromatic hydroxyl groups is 1. The van der Waals surface area contributed by atoms with Crippen molar-refractivity contribution in [3.05, 3.63) is 23.8 Å². The van der Waals surface area contributed by atoms with E-state index < -0.39 is 0 Å². The molecule has 0 fully saturated rings. The largest absolute Gasteiger partial charge is 0.506 e. The molecule has 2 rings (SSSR count). The molecule has 74 valence electrons. The lowest BCUT2D eigenvalue weighted by molar-refractivity contribution is 0.281. The molecule has 0 amide bonds. The van der Waals surface area contributed by atoms with E-state index in [0.717, 1.165) is 19.9 Å². The number of phenols is 1. The van der Waals surface area contributed by atoms with Gasteiger partial charge in [0.25, 0.3) is 0 Å². The summed E-state index contributed by atoms with van der Waals surface area (Å²) in [5.41, 5.74) is 0.924. The quantitative estimate of drug-likeness (QED) is 0.774. The summed E-state index contributed by atoms with van der Waals surface area (Å²) < 4.78 is 1.94. The van der Waals surface area contributed by atoms with Crippen LogP contribution in [0.5, 0.6) is 5.75 Å². The lowest BCUT2D eigenvalue weighted by Gasteiger charge is -1.96. The molecule has 1 aromatic carbocycles. The van der Waals surface area contributed by atoms with Crippen molar-refractivity contribution in [1.29, 1.82) is 0 Å². The van der Waals surface area contributed by atoms with Crippen LogP contribution in [0.25, 0.3) is 10.1 Å². The van der Waals surface area contributed by atoms with Crippen LogP contribution in [0.1, 0.15) is 5.56 Å². The molecule has 0 aliphatic carbocycles. The van der Waals surface area contributed by atoms with E-state index in [0.29, 0.717) is 5.75 Å². The Balaban J connectivity index is 2.79. The van der Waals surface area contributed by atoms with Gasteiger partial charge in [-0.2, -0.15) is 0 Å². The monoisotopic (exact) mass is 226 g/mol. The maximum Gasteiger partial charge on any atom is 0.133 e. The third kappa shape index (κ3) is 1.39. The molecule has 0 aliphatic heterocycles. The molecule has 0 unspecified atom stereocenters. The summed E-state index contributed by atoms with van der Waals surface area (Å²) in [6, 6.07) is 5.40. The Labute approximate surface area is 90.2 Å². The predicted octanol–water partition coefficient (Wildman–Crippen LogP) is 2.82. The average molecular weight is 226 g/mol. The van der Waals surface area contributed by atoms with Gasteiger partial charge in [0.1, 0.15) is 5.75 Å². The van der Waals surface area contributed by atoms with Crippen LogP contribution in [-0.4, -0.2) is 16.5 Å². The van der Waals surface area contributed by atoms with E-state index in [4.69, 9.17) is 0 Å². The van der Waals surface area contributed by atoms with Crippen LogP contribution < -0.4 is 0 Å². The van der Waals surface area contributed by atoms with Gasteiger partial charge in [-0.3, -0.25) is 0 Å². The number of hydrogen-bond donors (Lipinski definition) is 2. The molecular weight excluding hydrogens is 216 g/mol. The van der Waals surface area contributed by atoms with Gasteiger partial charge in [0.2, 0.25) is 0 Å². The number of thioether (sulfide) groups is 1. The van der Waals surface area contributed by atoms with Crippen LogP contribution >= 0.6 is 23.1 Å². The zero-order valence-corrected chi connectivity index (χ0v) is 9.28. The normalized spacial score (nSPS) is 11.0. The predicted molar refractivity (Wildman–Crippen MR) is 61.2 cm³/mol. The number of hydrogen-bond acceptors (Lipinski definition) is 4. The summed E-state index contributed by atoms with van der Waals surface area (Å²) in [7, 11) is 0. The van der Waals surface area contributed by atoms with E-state index in [2.05, 4.69) is 0 Å². The van der Waals surface area contributed by atoms with Crippen molar-refractivity contribution in [3.8, 4) is 5.75 Å². The molecule has 1 heterocycles. The van der Waals surface area contributed by atoms with Gasteiger partial charge in [-0.05, 0) is 12.3 Å². The second-order valence-electron chi connectivity index (χ2n) is 2.88. The van der Waals surface area contributed by atoms with E-state index in [9.17, 15) is 10.2 Å². The highest BCUT2D eigenvalue weighted by atomic mass is 32.2. The summed E-state index contributed by atoms with van der Waals surface area (Å²) in [6.07, 6.45) is 1.97. The highest BCUT2D eigenvalue weighted by Crippen LogP contribution is 2.40. The van der Waals surface area contributed by atoms with Crippen LogP contribution in [0.15, 0.2) is 22.4 Å². The fourth-order valence-electron chi connectivity index (χ4n) is 1.45. The number of aliphatic hydroxyl groups excluding tert-OH is 1. The van der Waals surface area contributed by atoms with Gasteiger partial charge in [-0.1, -0.05) is 12.1 Å². The van der Waals surface area contributed by atoms with Crippen LogP contribution in [0.3, 0.4) is 0 Å². The van der Waals surface area contributed by atoms with Gasteiger partial charge in [0.05, 0.1) is 15.5 Å². The van der Waals surface area contributed by atoms with Gasteiger partial charge in [0.15, 0.2) is 0 Å². The Hall–Kier alpha value is -0.710. The SMILES string of the molecule is CSc1sc2c(O)cccc2c1CO. The van der Waals surface area contributed by atoms with Crippen molar-refractivity contribution in [2.75, 3.05) is 6.26 Å². The van der Waals surface area contributed by atoms with Crippen molar-refractivity contribution in [1.82, 2.24) is 0 Å². The highest BCUT2D eigenvalue weighted by molar-refractivity contribution is 8.00. The van der Waals surface area contributed by atoms with E-state index in [-0.39, 0.29) is 6.61 Å². The second-order valence-corrected chi connectivity index (χ2v) is 4.98. The Morgan fingerprint density at radius 1 is 1.43 bits per heavy atom. The Morgan fingerprint density at radius 3 is 2.86 bits per heavy atom. The Bertz CT molecular complexity index is 462. The molecule has 0 saturated heterocycles. The summed E-state index contributed by atoms with van der Waals surface area (Å²) in [6.45, 7) is 0.0274. The molecule has 0 spiro atoms. The van der Waals surface area contributed by atoms with Crippen LogP contribution in [-0.2, 0) is 6.61 Å². The van der Waals surface area contributed by atoms with Gasteiger partial charge < -0.3 is 10.2 Å². The topological polar surface area (TPSA) is 40.5 Å². The van der Waals surface area contributed by atoms with Gasteiger partial charge in [0, 0.05) is 10.9 Å². The number of phenolic OH excluding ortho intramolecular Hbond substituents is 1. The number of benzene rings is 1. The standard InChI is InChI=1S/C10H10O2S2/c1-13-10-7(5-11)6-3-2-4-8(12)9(6)14-10/h2-4,11-12H,5H2,1H3. The minimum atomic E-state index is 0.0274. The van der Waals surface area contributed by atoms with Crippen molar-refractivity contribution >= 4 is 33.2 Å². The first kappa shape index (κ1) is 9.83. The van der Waals surface area contributed by atoms with E-state index in [1.165, 1.54) is 11.3 Å². The van der Waals surface area contributed by atoms with Crippen molar-refractivity contribution in [2.45, 2.75) is 10.8 Å². The molecule has 0 aliphatic rings. The first-order valence-corrected chi connectivity index (χ1v) is 6.20. The van der Waals surface area contributed by atoms with Crippen LogP contribution in [0, 0.1) is 0 Å². The van der Waals surface area contributed by atoms with Crippen molar-refractivity contribution in [2.24, 2.45) is 0 Å². The van der Waals surface area contributed by atoms with Gasteiger partial charge in [-0.25, -0.2) is 0 Å². The molecule has 14 heavy (non-hydrogen) atoms. The third-order valence-electron chi connectivity index (χ3n) is 2.10. The number of aliphatic hydroxyl groups is 1. The van der Waals surface area contributed by atoms with Crippen LogP contribution in [0.4, 0.5) is 0 Å². The summed E-state index contributed by atoms with van der Waals surface area (Å²) in [4.78, 5) is 0. The third-order valence-corrected chi connectivity index (χ3v) is 4.54. The molecule has 2 N–H and O–H groups in total. The minimum Gasteiger partial charge on any atom is -0.506 e. The smallest absolute Gasteiger partial charge is 0.133 e. The van der Waals surface area contributed by atoms with E-state index in [1.54, 1.807) is 23.9 Å². The maximum absolute atomic E-state index is 9.62. The summed E-state index contributed by atoms with van der Waals surface area (Å²) in [5.74, 6) is 0.294. The molecule has 0 radical (unpaired) electrons. The molecule has 2 aromatic rings. The summed E-state index contributed by atoms with van der Waals surface area (Å²) >= 11 is 3.13. The van der Waals surface area contributed by atoms with Crippen LogP contribution in [0.2, 0.25) is 0 Å². The maximum atomic E-state index is 9.62. The number of thiophene rings is 1.